The maximum Gasteiger partial charge on any atom is 0.170 e. The van der Waals surface area contributed by atoms with Crippen LogP contribution in [0.5, 0.6) is 11.5 Å². The Morgan fingerprint density at radius 3 is 2.48 bits per heavy atom. The van der Waals surface area contributed by atoms with E-state index in [-0.39, 0.29) is 17.7 Å². The SMILES string of the molecule is CCCNC1COCC1C(=O)c1cc(OC)cc(OC)c1. The lowest BCUT2D eigenvalue weighted by molar-refractivity contribution is 0.0890. The van der Waals surface area contributed by atoms with Gasteiger partial charge in [-0.3, -0.25) is 4.79 Å². The summed E-state index contributed by atoms with van der Waals surface area (Å²) in [6, 6.07) is 5.34. The van der Waals surface area contributed by atoms with E-state index >= 15 is 0 Å². The maximum atomic E-state index is 12.7. The smallest absolute Gasteiger partial charge is 0.170 e. The van der Waals surface area contributed by atoms with Crippen molar-refractivity contribution in [2.24, 2.45) is 5.92 Å². The molecular formula is C16H23NO4. The number of methoxy groups -OCH3 is 2. The van der Waals surface area contributed by atoms with Crippen LogP contribution in [0, 0.1) is 5.92 Å². The number of Topliss-reactive ketones (excluding diaryl/α,β-unsaturated/α-hetero) is 1. The molecule has 1 heterocycles. The highest BCUT2D eigenvalue weighted by Gasteiger charge is 2.34. The molecule has 1 N–H and O–H groups in total. The fraction of sp³-hybridized carbons (Fsp3) is 0.562. The molecule has 0 aromatic heterocycles. The molecule has 2 atom stereocenters. The molecule has 2 rings (SSSR count). The van der Waals surface area contributed by atoms with Crippen LogP contribution in [0.4, 0.5) is 0 Å². The zero-order valence-electron chi connectivity index (χ0n) is 12.8. The summed E-state index contributed by atoms with van der Waals surface area (Å²) >= 11 is 0. The van der Waals surface area contributed by atoms with E-state index < -0.39 is 0 Å². The van der Waals surface area contributed by atoms with Crippen LogP contribution in [0.2, 0.25) is 0 Å². The minimum atomic E-state index is -0.159. The van der Waals surface area contributed by atoms with E-state index in [9.17, 15) is 4.79 Å². The molecule has 1 aliphatic heterocycles. The van der Waals surface area contributed by atoms with Gasteiger partial charge in [-0.15, -0.1) is 0 Å². The minimum Gasteiger partial charge on any atom is -0.497 e. The summed E-state index contributed by atoms with van der Waals surface area (Å²) in [4.78, 5) is 12.7. The number of rotatable bonds is 7. The minimum absolute atomic E-state index is 0.0679. The molecule has 0 spiro atoms. The van der Waals surface area contributed by atoms with Crippen molar-refractivity contribution in [3.63, 3.8) is 0 Å². The van der Waals surface area contributed by atoms with Gasteiger partial charge in [0.15, 0.2) is 5.78 Å². The van der Waals surface area contributed by atoms with Crippen molar-refractivity contribution in [3.05, 3.63) is 23.8 Å². The molecule has 0 amide bonds. The molecule has 1 aliphatic rings. The fourth-order valence-corrected chi connectivity index (χ4v) is 2.51. The molecule has 1 saturated heterocycles. The molecule has 0 radical (unpaired) electrons. The Bertz CT molecular complexity index is 467. The lowest BCUT2D eigenvalue weighted by Gasteiger charge is -2.18. The second-order valence-electron chi connectivity index (χ2n) is 5.17. The molecule has 2 unspecified atom stereocenters. The predicted octanol–water partition coefficient (Wildman–Crippen LogP) is 1.90. The number of carbonyl (C=O) groups excluding carboxylic acids is 1. The summed E-state index contributed by atoms with van der Waals surface area (Å²) in [5, 5.41) is 3.38. The number of nitrogens with one attached hydrogen (secondary N) is 1. The first-order valence-electron chi connectivity index (χ1n) is 7.28. The van der Waals surface area contributed by atoms with Crippen molar-refractivity contribution in [3.8, 4) is 11.5 Å². The van der Waals surface area contributed by atoms with E-state index in [0.717, 1.165) is 13.0 Å². The van der Waals surface area contributed by atoms with E-state index in [1.807, 2.05) is 0 Å². The Labute approximate surface area is 125 Å². The first-order valence-corrected chi connectivity index (χ1v) is 7.28. The summed E-state index contributed by atoms with van der Waals surface area (Å²) < 4.78 is 15.9. The Morgan fingerprint density at radius 1 is 1.24 bits per heavy atom. The predicted molar refractivity (Wildman–Crippen MR) is 80.3 cm³/mol. The summed E-state index contributed by atoms with van der Waals surface area (Å²) in [6.07, 6.45) is 1.03. The number of benzene rings is 1. The van der Waals surface area contributed by atoms with Gasteiger partial charge in [0.05, 0.1) is 33.4 Å². The van der Waals surface area contributed by atoms with Crippen LogP contribution in [0.25, 0.3) is 0 Å². The molecular weight excluding hydrogens is 270 g/mol. The Morgan fingerprint density at radius 2 is 1.90 bits per heavy atom. The number of hydrogen-bond donors (Lipinski definition) is 1. The van der Waals surface area contributed by atoms with Crippen molar-refractivity contribution >= 4 is 5.78 Å². The molecule has 0 aliphatic carbocycles. The zero-order valence-corrected chi connectivity index (χ0v) is 12.8. The van der Waals surface area contributed by atoms with Gasteiger partial charge in [0.25, 0.3) is 0 Å². The maximum absolute atomic E-state index is 12.7. The van der Waals surface area contributed by atoms with Gasteiger partial charge < -0.3 is 19.5 Å². The van der Waals surface area contributed by atoms with E-state index in [1.54, 1.807) is 32.4 Å². The summed E-state index contributed by atoms with van der Waals surface area (Å²) in [6.45, 7) is 4.03. The monoisotopic (exact) mass is 293 g/mol. The number of hydrogen-bond acceptors (Lipinski definition) is 5. The van der Waals surface area contributed by atoms with Crippen LogP contribution in [0.1, 0.15) is 23.7 Å². The van der Waals surface area contributed by atoms with E-state index in [2.05, 4.69) is 12.2 Å². The first-order chi connectivity index (χ1) is 10.2. The Kier molecular flexibility index (Phi) is 5.59. The zero-order chi connectivity index (χ0) is 15.2. The third kappa shape index (κ3) is 3.74. The third-order valence-corrected chi connectivity index (χ3v) is 3.71. The summed E-state index contributed by atoms with van der Waals surface area (Å²) in [5.74, 6) is 1.15. The van der Waals surface area contributed by atoms with Crippen molar-refractivity contribution in [2.75, 3.05) is 34.0 Å². The molecule has 0 bridgehead atoms. The van der Waals surface area contributed by atoms with Crippen molar-refractivity contribution in [1.82, 2.24) is 5.32 Å². The number of ketones is 1. The van der Waals surface area contributed by atoms with Crippen molar-refractivity contribution < 1.29 is 19.0 Å². The number of ether oxygens (including phenoxy) is 3. The van der Waals surface area contributed by atoms with Crippen LogP contribution < -0.4 is 14.8 Å². The molecule has 116 valence electrons. The van der Waals surface area contributed by atoms with Gasteiger partial charge in [-0.2, -0.15) is 0 Å². The van der Waals surface area contributed by atoms with Crippen LogP contribution in [-0.2, 0) is 4.74 Å². The van der Waals surface area contributed by atoms with Gasteiger partial charge in [0.2, 0.25) is 0 Å². The standard InChI is InChI=1S/C16H23NO4/c1-4-5-17-15-10-21-9-14(15)16(18)11-6-12(19-2)8-13(7-11)20-3/h6-8,14-15,17H,4-5,9-10H2,1-3H3. The van der Waals surface area contributed by atoms with E-state index in [1.165, 1.54) is 0 Å². The number of carbonyl (C=O) groups is 1. The van der Waals surface area contributed by atoms with E-state index in [0.29, 0.717) is 30.3 Å². The fourth-order valence-electron chi connectivity index (χ4n) is 2.51. The van der Waals surface area contributed by atoms with Gasteiger partial charge in [0.1, 0.15) is 11.5 Å². The van der Waals surface area contributed by atoms with Crippen molar-refractivity contribution in [2.45, 2.75) is 19.4 Å². The van der Waals surface area contributed by atoms with Crippen molar-refractivity contribution in [1.29, 1.82) is 0 Å². The van der Waals surface area contributed by atoms with Crippen LogP contribution >= 0.6 is 0 Å². The quantitative estimate of drug-likeness (QED) is 0.778. The highest BCUT2D eigenvalue weighted by molar-refractivity contribution is 5.99. The van der Waals surface area contributed by atoms with Gasteiger partial charge in [0, 0.05) is 17.7 Å². The lowest BCUT2D eigenvalue weighted by Crippen LogP contribution is -2.39. The van der Waals surface area contributed by atoms with Gasteiger partial charge in [-0.1, -0.05) is 6.92 Å². The average Bonchev–Trinajstić information content (AvgIpc) is 2.99. The molecule has 1 fully saturated rings. The summed E-state index contributed by atoms with van der Waals surface area (Å²) in [7, 11) is 3.15. The average molecular weight is 293 g/mol. The normalized spacial score (nSPS) is 21.3. The van der Waals surface area contributed by atoms with Gasteiger partial charge >= 0.3 is 0 Å². The van der Waals surface area contributed by atoms with Gasteiger partial charge in [-0.05, 0) is 25.1 Å². The topological polar surface area (TPSA) is 56.8 Å². The molecule has 1 aromatic rings. The molecule has 0 saturated carbocycles. The van der Waals surface area contributed by atoms with Crippen LogP contribution in [-0.4, -0.2) is 45.8 Å². The second kappa shape index (κ2) is 7.43. The molecule has 5 heteroatoms. The lowest BCUT2D eigenvalue weighted by atomic mass is 9.93. The molecule has 5 nitrogen and oxygen atoms in total. The first kappa shape index (κ1) is 15.8. The Balaban J connectivity index is 2.18. The summed E-state index contributed by atoms with van der Waals surface area (Å²) in [5.41, 5.74) is 0.602. The third-order valence-electron chi connectivity index (χ3n) is 3.71. The van der Waals surface area contributed by atoms with Crippen LogP contribution in [0.3, 0.4) is 0 Å². The Hall–Kier alpha value is -1.59. The second-order valence-corrected chi connectivity index (χ2v) is 5.17. The largest absolute Gasteiger partial charge is 0.497 e. The van der Waals surface area contributed by atoms with Gasteiger partial charge in [-0.25, -0.2) is 0 Å². The molecule has 1 aromatic carbocycles. The van der Waals surface area contributed by atoms with E-state index in [4.69, 9.17) is 14.2 Å². The highest BCUT2D eigenvalue weighted by atomic mass is 16.5. The molecule has 21 heavy (non-hydrogen) atoms. The van der Waals surface area contributed by atoms with Crippen LogP contribution in [0.15, 0.2) is 18.2 Å². The highest BCUT2D eigenvalue weighted by Crippen LogP contribution is 2.26.